The van der Waals surface area contributed by atoms with Crippen LogP contribution in [0.4, 0.5) is 17.6 Å². The van der Waals surface area contributed by atoms with Gasteiger partial charge in [-0.3, -0.25) is 4.79 Å². The Bertz CT molecular complexity index is 804. The van der Waals surface area contributed by atoms with Gasteiger partial charge in [0.2, 0.25) is 0 Å². The van der Waals surface area contributed by atoms with E-state index in [0.29, 0.717) is 12.6 Å². The van der Waals surface area contributed by atoms with E-state index < -0.39 is 17.6 Å². The first-order valence-electron chi connectivity index (χ1n) is 8.50. The Morgan fingerprint density at radius 1 is 1.14 bits per heavy atom. The Morgan fingerprint density at radius 3 is 2.54 bits per heavy atom. The van der Waals surface area contributed by atoms with Gasteiger partial charge in [0.25, 0.3) is 5.91 Å². The SMILES string of the molecule is CCNC(=NCc1ccc(F)cc1C(F)(F)F)NCCNC(=O)c1ccco1. The van der Waals surface area contributed by atoms with Crippen molar-refractivity contribution >= 4 is 11.9 Å². The van der Waals surface area contributed by atoms with Crippen LogP contribution in [-0.2, 0) is 12.7 Å². The van der Waals surface area contributed by atoms with Crippen LogP contribution in [0.25, 0.3) is 0 Å². The Labute approximate surface area is 159 Å². The molecule has 0 radical (unpaired) electrons. The molecule has 0 saturated carbocycles. The molecule has 0 bridgehead atoms. The number of rotatable bonds is 7. The van der Waals surface area contributed by atoms with E-state index in [-0.39, 0.29) is 42.8 Å². The minimum Gasteiger partial charge on any atom is -0.459 e. The van der Waals surface area contributed by atoms with Crippen LogP contribution in [0.15, 0.2) is 46.0 Å². The largest absolute Gasteiger partial charge is 0.459 e. The molecular weight excluding hydrogens is 380 g/mol. The zero-order chi connectivity index (χ0) is 20.6. The molecule has 0 aliphatic carbocycles. The van der Waals surface area contributed by atoms with Crippen LogP contribution in [0.5, 0.6) is 0 Å². The molecule has 152 valence electrons. The van der Waals surface area contributed by atoms with Crippen LogP contribution in [0.3, 0.4) is 0 Å². The third-order valence-corrected chi connectivity index (χ3v) is 3.58. The minimum absolute atomic E-state index is 0.141. The zero-order valence-corrected chi connectivity index (χ0v) is 15.1. The van der Waals surface area contributed by atoms with Crippen molar-refractivity contribution in [3.05, 3.63) is 59.3 Å². The van der Waals surface area contributed by atoms with Gasteiger partial charge in [-0.1, -0.05) is 6.07 Å². The van der Waals surface area contributed by atoms with E-state index in [2.05, 4.69) is 20.9 Å². The fourth-order valence-corrected chi connectivity index (χ4v) is 2.31. The number of alkyl halides is 3. The van der Waals surface area contributed by atoms with Crippen LogP contribution < -0.4 is 16.0 Å². The number of hydrogen-bond donors (Lipinski definition) is 3. The molecule has 0 aliphatic heterocycles. The molecule has 6 nitrogen and oxygen atoms in total. The van der Waals surface area contributed by atoms with E-state index in [0.717, 1.165) is 12.1 Å². The summed E-state index contributed by atoms with van der Waals surface area (Å²) in [6.07, 6.45) is -3.29. The lowest BCUT2D eigenvalue weighted by molar-refractivity contribution is -0.138. The number of amides is 1. The van der Waals surface area contributed by atoms with Gasteiger partial charge in [-0.15, -0.1) is 0 Å². The minimum atomic E-state index is -4.67. The summed E-state index contributed by atoms with van der Waals surface area (Å²) in [5, 5.41) is 8.41. The molecule has 0 saturated heterocycles. The first-order chi connectivity index (χ1) is 13.3. The summed E-state index contributed by atoms with van der Waals surface area (Å²) in [4.78, 5) is 15.8. The normalized spacial score (nSPS) is 12.0. The Hall–Kier alpha value is -3.04. The number of furan rings is 1. The van der Waals surface area contributed by atoms with E-state index in [1.54, 1.807) is 13.0 Å². The van der Waals surface area contributed by atoms with E-state index in [9.17, 15) is 22.4 Å². The average molecular weight is 400 g/mol. The summed E-state index contributed by atoms with van der Waals surface area (Å²) in [5.41, 5.74) is -1.20. The topological polar surface area (TPSA) is 78.7 Å². The molecule has 10 heteroatoms. The molecule has 0 spiro atoms. The first kappa shape index (κ1) is 21.3. The van der Waals surface area contributed by atoms with Gasteiger partial charge >= 0.3 is 6.18 Å². The summed E-state index contributed by atoms with van der Waals surface area (Å²) >= 11 is 0. The number of guanidine groups is 1. The van der Waals surface area contributed by atoms with Crippen LogP contribution in [0.1, 0.15) is 28.6 Å². The highest BCUT2D eigenvalue weighted by Crippen LogP contribution is 2.32. The first-order valence-corrected chi connectivity index (χ1v) is 8.50. The number of nitrogens with zero attached hydrogens (tertiary/aromatic N) is 1. The number of hydrogen-bond acceptors (Lipinski definition) is 3. The molecule has 0 fully saturated rings. The second-order valence-corrected chi connectivity index (χ2v) is 5.65. The summed E-state index contributed by atoms with van der Waals surface area (Å²) in [5.74, 6) is -0.893. The Morgan fingerprint density at radius 2 is 1.89 bits per heavy atom. The molecule has 1 amide bonds. The molecule has 0 aliphatic rings. The van der Waals surface area contributed by atoms with Crippen molar-refractivity contribution in [2.75, 3.05) is 19.6 Å². The lowest BCUT2D eigenvalue weighted by Crippen LogP contribution is -2.41. The van der Waals surface area contributed by atoms with Crippen LogP contribution in [0, 0.1) is 5.82 Å². The van der Waals surface area contributed by atoms with Crippen molar-refractivity contribution in [1.29, 1.82) is 0 Å². The maximum Gasteiger partial charge on any atom is 0.416 e. The highest BCUT2D eigenvalue weighted by atomic mass is 19.4. The van der Waals surface area contributed by atoms with Crippen molar-refractivity contribution in [2.45, 2.75) is 19.6 Å². The molecule has 2 aromatic rings. The van der Waals surface area contributed by atoms with Gasteiger partial charge in [0.1, 0.15) is 5.82 Å². The number of carbonyl (C=O) groups excluding carboxylic acids is 1. The summed E-state index contributed by atoms with van der Waals surface area (Å²) in [6.45, 7) is 2.53. The van der Waals surface area contributed by atoms with E-state index in [1.165, 1.54) is 12.3 Å². The van der Waals surface area contributed by atoms with Gasteiger partial charge in [-0.2, -0.15) is 13.2 Å². The smallest absolute Gasteiger partial charge is 0.416 e. The molecule has 0 atom stereocenters. The third kappa shape index (κ3) is 6.29. The fraction of sp³-hybridized carbons (Fsp3) is 0.333. The van der Waals surface area contributed by atoms with E-state index in [1.807, 2.05) is 0 Å². The fourth-order valence-electron chi connectivity index (χ4n) is 2.31. The summed E-state index contributed by atoms with van der Waals surface area (Å²) in [7, 11) is 0. The van der Waals surface area contributed by atoms with Crippen molar-refractivity contribution in [1.82, 2.24) is 16.0 Å². The lowest BCUT2D eigenvalue weighted by atomic mass is 10.1. The second kappa shape index (κ2) is 9.77. The number of aliphatic imine (C=N–C) groups is 1. The van der Waals surface area contributed by atoms with E-state index in [4.69, 9.17) is 4.42 Å². The summed E-state index contributed by atoms with van der Waals surface area (Å²) in [6, 6.07) is 5.59. The predicted octanol–water partition coefficient (Wildman–Crippen LogP) is 2.92. The monoisotopic (exact) mass is 400 g/mol. The molecule has 0 unspecified atom stereocenters. The number of benzene rings is 1. The highest BCUT2D eigenvalue weighted by Gasteiger charge is 2.33. The maximum absolute atomic E-state index is 13.2. The van der Waals surface area contributed by atoms with Crippen molar-refractivity contribution in [2.24, 2.45) is 4.99 Å². The Balaban J connectivity index is 1.94. The van der Waals surface area contributed by atoms with Gasteiger partial charge in [-0.25, -0.2) is 9.38 Å². The zero-order valence-electron chi connectivity index (χ0n) is 15.1. The lowest BCUT2D eigenvalue weighted by Gasteiger charge is -2.14. The number of nitrogens with one attached hydrogen (secondary N) is 3. The highest BCUT2D eigenvalue weighted by molar-refractivity contribution is 5.91. The van der Waals surface area contributed by atoms with Gasteiger partial charge in [-0.05, 0) is 36.8 Å². The van der Waals surface area contributed by atoms with Crippen molar-refractivity contribution in [3.8, 4) is 0 Å². The quantitative estimate of drug-likeness (QED) is 0.289. The molecule has 2 rings (SSSR count). The summed E-state index contributed by atoms with van der Waals surface area (Å²) < 4.78 is 57.3. The Kier molecular flexibility index (Phi) is 7.42. The maximum atomic E-state index is 13.2. The predicted molar refractivity (Wildman–Crippen MR) is 95.3 cm³/mol. The van der Waals surface area contributed by atoms with Crippen molar-refractivity contribution in [3.63, 3.8) is 0 Å². The number of carbonyl (C=O) groups is 1. The van der Waals surface area contributed by atoms with Crippen LogP contribution >= 0.6 is 0 Å². The van der Waals surface area contributed by atoms with Crippen LogP contribution in [-0.4, -0.2) is 31.5 Å². The van der Waals surface area contributed by atoms with Gasteiger partial charge in [0, 0.05) is 19.6 Å². The molecule has 1 heterocycles. The van der Waals surface area contributed by atoms with Gasteiger partial charge < -0.3 is 20.4 Å². The van der Waals surface area contributed by atoms with E-state index >= 15 is 0 Å². The van der Waals surface area contributed by atoms with Crippen molar-refractivity contribution < 1.29 is 26.8 Å². The number of halogens is 4. The second-order valence-electron chi connectivity index (χ2n) is 5.65. The molecular formula is C18H20F4N4O2. The molecule has 1 aromatic carbocycles. The van der Waals surface area contributed by atoms with Gasteiger partial charge in [0.05, 0.1) is 18.4 Å². The third-order valence-electron chi connectivity index (χ3n) is 3.58. The molecule has 3 N–H and O–H groups in total. The molecule has 28 heavy (non-hydrogen) atoms. The average Bonchev–Trinajstić information content (AvgIpc) is 3.17. The van der Waals surface area contributed by atoms with Crippen LogP contribution in [0.2, 0.25) is 0 Å². The standard InChI is InChI=1S/C18H20F4N4O2/c1-2-23-17(25-8-7-24-16(27)15-4-3-9-28-15)26-11-12-5-6-13(19)10-14(12)18(20,21)22/h3-6,9-10H,2,7-8,11H2,1H3,(H,24,27)(H2,23,25,26). The van der Waals surface area contributed by atoms with Gasteiger partial charge in [0.15, 0.2) is 11.7 Å². The molecule has 1 aromatic heterocycles.